The Kier molecular flexibility index (Phi) is 5.30. The molecule has 1 aromatic carbocycles. The summed E-state index contributed by atoms with van der Waals surface area (Å²) in [5.74, 6) is -0.656. The van der Waals surface area contributed by atoms with Crippen molar-refractivity contribution in [3.63, 3.8) is 0 Å². The number of rotatable bonds is 4. The topological polar surface area (TPSA) is 84.2 Å². The van der Waals surface area contributed by atoms with E-state index >= 15 is 0 Å². The van der Waals surface area contributed by atoms with Gasteiger partial charge in [0.1, 0.15) is 0 Å². The second-order valence-corrected chi connectivity index (χ2v) is 4.91. The van der Waals surface area contributed by atoms with E-state index in [-0.39, 0.29) is 24.3 Å². The van der Waals surface area contributed by atoms with E-state index in [2.05, 4.69) is 26.6 Å². The van der Waals surface area contributed by atoms with Crippen molar-refractivity contribution >= 4 is 39.1 Å². The monoisotopic (exact) mass is 313 g/mol. The lowest BCUT2D eigenvalue weighted by molar-refractivity contribution is -0.119. The highest BCUT2D eigenvalue weighted by Gasteiger charge is 2.13. The first-order valence-electron chi connectivity index (χ1n) is 5.52. The molecule has 98 valence electrons. The molecule has 1 atom stereocenters. The molecule has 2 amide bonds. The van der Waals surface area contributed by atoms with Crippen LogP contribution in [0.15, 0.2) is 22.7 Å². The molecule has 4 N–H and O–H groups in total. The number of carbonyl (C=O) groups is 2. The Labute approximate surface area is 114 Å². The zero-order valence-electron chi connectivity index (χ0n) is 10.3. The number of carbonyl (C=O) groups excluding carboxylic acids is 2. The van der Waals surface area contributed by atoms with Gasteiger partial charge in [-0.05, 0) is 18.2 Å². The molecule has 0 saturated heterocycles. The zero-order valence-corrected chi connectivity index (χ0v) is 11.9. The fraction of sp³-hybridized carbons (Fsp3) is 0.333. The largest absolute Gasteiger partial charge is 0.330 e. The van der Waals surface area contributed by atoms with Crippen LogP contribution in [0.2, 0.25) is 0 Å². The summed E-state index contributed by atoms with van der Waals surface area (Å²) in [5, 5.41) is 5.40. The van der Waals surface area contributed by atoms with Crippen molar-refractivity contribution in [3.8, 4) is 0 Å². The lowest BCUT2D eigenvalue weighted by Gasteiger charge is -2.14. The van der Waals surface area contributed by atoms with Crippen LogP contribution in [-0.4, -0.2) is 18.4 Å². The van der Waals surface area contributed by atoms with Gasteiger partial charge < -0.3 is 16.4 Å². The van der Waals surface area contributed by atoms with E-state index in [1.807, 2.05) is 0 Å². The van der Waals surface area contributed by atoms with Crippen molar-refractivity contribution in [1.29, 1.82) is 0 Å². The van der Waals surface area contributed by atoms with Gasteiger partial charge in [-0.15, -0.1) is 0 Å². The van der Waals surface area contributed by atoms with Gasteiger partial charge in [0.25, 0.3) is 0 Å². The van der Waals surface area contributed by atoms with Crippen LogP contribution in [0.3, 0.4) is 0 Å². The van der Waals surface area contributed by atoms with Gasteiger partial charge in [-0.1, -0.05) is 22.9 Å². The Morgan fingerprint density at radius 3 is 2.56 bits per heavy atom. The summed E-state index contributed by atoms with van der Waals surface area (Å²) in [4.78, 5) is 22.8. The number of halogens is 1. The molecule has 0 aliphatic rings. The fourth-order valence-electron chi connectivity index (χ4n) is 1.28. The van der Waals surface area contributed by atoms with Crippen LogP contribution >= 0.6 is 15.9 Å². The van der Waals surface area contributed by atoms with Crippen molar-refractivity contribution < 1.29 is 9.59 Å². The van der Waals surface area contributed by atoms with Crippen LogP contribution in [0.5, 0.6) is 0 Å². The van der Waals surface area contributed by atoms with Crippen molar-refractivity contribution in [3.05, 3.63) is 22.7 Å². The minimum Gasteiger partial charge on any atom is -0.330 e. The molecule has 0 aliphatic heterocycles. The Hall–Kier alpha value is -1.40. The van der Waals surface area contributed by atoms with Gasteiger partial charge in [-0.2, -0.15) is 0 Å². The molecular formula is C12H16BrN3O2. The molecule has 0 aromatic heterocycles. The SMILES string of the molecule is CC(=O)Nc1ccc(Br)cc1NC(=O)C(C)CN. The summed E-state index contributed by atoms with van der Waals surface area (Å²) in [5.41, 5.74) is 6.54. The Morgan fingerprint density at radius 1 is 1.33 bits per heavy atom. The summed E-state index contributed by atoms with van der Waals surface area (Å²) >= 11 is 3.32. The molecule has 0 heterocycles. The molecule has 5 nitrogen and oxygen atoms in total. The quantitative estimate of drug-likeness (QED) is 0.794. The third-order valence-corrected chi connectivity index (χ3v) is 2.84. The van der Waals surface area contributed by atoms with E-state index in [0.29, 0.717) is 11.4 Å². The molecule has 1 unspecified atom stereocenters. The van der Waals surface area contributed by atoms with Crippen LogP contribution in [0.4, 0.5) is 11.4 Å². The van der Waals surface area contributed by atoms with Crippen LogP contribution < -0.4 is 16.4 Å². The van der Waals surface area contributed by atoms with Gasteiger partial charge in [0.05, 0.1) is 11.4 Å². The number of amides is 2. The predicted molar refractivity (Wildman–Crippen MR) is 75.3 cm³/mol. The van der Waals surface area contributed by atoms with E-state index in [9.17, 15) is 9.59 Å². The van der Waals surface area contributed by atoms with Gasteiger partial charge in [0.15, 0.2) is 0 Å². The second kappa shape index (κ2) is 6.51. The van der Waals surface area contributed by atoms with Crippen molar-refractivity contribution in [2.45, 2.75) is 13.8 Å². The molecular weight excluding hydrogens is 298 g/mol. The van der Waals surface area contributed by atoms with Gasteiger partial charge in [0.2, 0.25) is 11.8 Å². The third kappa shape index (κ3) is 4.12. The van der Waals surface area contributed by atoms with Crippen LogP contribution in [0.1, 0.15) is 13.8 Å². The van der Waals surface area contributed by atoms with E-state index in [4.69, 9.17) is 5.73 Å². The molecule has 0 aliphatic carbocycles. The van der Waals surface area contributed by atoms with E-state index in [1.165, 1.54) is 6.92 Å². The smallest absolute Gasteiger partial charge is 0.228 e. The van der Waals surface area contributed by atoms with Gasteiger partial charge in [-0.3, -0.25) is 9.59 Å². The highest BCUT2D eigenvalue weighted by molar-refractivity contribution is 9.10. The summed E-state index contributed by atoms with van der Waals surface area (Å²) in [6.07, 6.45) is 0. The number of nitrogens with one attached hydrogen (secondary N) is 2. The van der Waals surface area contributed by atoms with Gasteiger partial charge in [-0.25, -0.2) is 0 Å². The van der Waals surface area contributed by atoms with E-state index in [1.54, 1.807) is 25.1 Å². The maximum absolute atomic E-state index is 11.8. The molecule has 6 heteroatoms. The zero-order chi connectivity index (χ0) is 13.7. The predicted octanol–water partition coefficient (Wildman–Crippen LogP) is 1.94. The Balaban J connectivity index is 2.95. The van der Waals surface area contributed by atoms with E-state index < -0.39 is 0 Å². The van der Waals surface area contributed by atoms with Crippen molar-refractivity contribution in [1.82, 2.24) is 0 Å². The fourth-order valence-corrected chi connectivity index (χ4v) is 1.64. The molecule has 0 saturated carbocycles. The molecule has 0 spiro atoms. The maximum Gasteiger partial charge on any atom is 0.228 e. The number of benzene rings is 1. The molecule has 1 aromatic rings. The molecule has 0 bridgehead atoms. The first-order chi connectivity index (χ1) is 8.43. The van der Waals surface area contributed by atoms with Crippen LogP contribution in [0, 0.1) is 5.92 Å². The standard InChI is InChI=1S/C12H16BrN3O2/c1-7(6-14)12(18)16-11-5-9(13)3-4-10(11)15-8(2)17/h3-5,7H,6,14H2,1-2H3,(H,15,17)(H,16,18). The first kappa shape index (κ1) is 14.7. The minimum absolute atomic E-state index is 0.179. The maximum atomic E-state index is 11.8. The van der Waals surface area contributed by atoms with Crippen LogP contribution in [0.25, 0.3) is 0 Å². The average molecular weight is 314 g/mol. The summed E-state index contributed by atoms with van der Waals surface area (Å²) < 4.78 is 0.812. The summed E-state index contributed by atoms with van der Waals surface area (Å²) in [6.45, 7) is 3.43. The van der Waals surface area contributed by atoms with Gasteiger partial charge in [0, 0.05) is 23.9 Å². The summed E-state index contributed by atoms with van der Waals surface area (Å²) in [6, 6.07) is 5.23. The Morgan fingerprint density at radius 2 is 2.00 bits per heavy atom. The van der Waals surface area contributed by atoms with Crippen LogP contribution in [-0.2, 0) is 9.59 Å². The number of anilines is 2. The Bertz CT molecular complexity index is 463. The molecule has 0 radical (unpaired) electrons. The summed E-state index contributed by atoms with van der Waals surface area (Å²) in [7, 11) is 0. The lowest BCUT2D eigenvalue weighted by atomic mass is 10.1. The number of hydrogen-bond acceptors (Lipinski definition) is 3. The third-order valence-electron chi connectivity index (χ3n) is 2.35. The normalized spacial score (nSPS) is 11.8. The lowest BCUT2D eigenvalue weighted by Crippen LogP contribution is -2.27. The first-order valence-corrected chi connectivity index (χ1v) is 6.31. The molecule has 1 rings (SSSR count). The highest BCUT2D eigenvalue weighted by Crippen LogP contribution is 2.26. The van der Waals surface area contributed by atoms with Gasteiger partial charge >= 0.3 is 0 Å². The van der Waals surface area contributed by atoms with Crippen molar-refractivity contribution in [2.24, 2.45) is 11.7 Å². The minimum atomic E-state index is -0.283. The highest BCUT2D eigenvalue weighted by atomic mass is 79.9. The molecule has 18 heavy (non-hydrogen) atoms. The number of nitrogens with two attached hydrogens (primary N) is 1. The number of hydrogen-bond donors (Lipinski definition) is 3. The van der Waals surface area contributed by atoms with E-state index in [0.717, 1.165) is 4.47 Å². The van der Waals surface area contributed by atoms with Crippen molar-refractivity contribution in [2.75, 3.05) is 17.2 Å². The molecule has 0 fully saturated rings. The average Bonchev–Trinajstić information content (AvgIpc) is 2.31. The second-order valence-electron chi connectivity index (χ2n) is 4.00.